The van der Waals surface area contributed by atoms with E-state index in [4.69, 9.17) is 9.39 Å². The standard InChI is InChI=1S/C19H11NO7S/c21-17-14-5-1-3-11-4-2-6-15(16(11)14)18(22)20(17)27-28(25,26)13-9-7-12(8-10-13)19(23)24/h1-10H,(H,23,24). The van der Waals surface area contributed by atoms with Crippen molar-refractivity contribution in [2.24, 2.45) is 0 Å². The Morgan fingerprint density at radius 1 is 0.857 bits per heavy atom. The van der Waals surface area contributed by atoms with E-state index in [1.807, 2.05) is 0 Å². The number of hydrogen-bond donors (Lipinski definition) is 1. The molecule has 140 valence electrons. The summed E-state index contributed by atoms with van der Waals surface area (Å²) in [6, 6.07) is 13.9. The highest BCUT2D eigenvalue weighted by atomic mass is 32.2. The molecule has 0 bridgehead atoms. The van der Waals surface area contributed by atoms with Gasteiger partial charge in [-0.05, 0) is 41.8 Å². The van der Waals surface area contributed by atoms with Gasteiger partial charge in [-0.15, -0.1) is 9.35 Å². The quantitative estimate of drug-likeness (QED) is 0.672. The van der Waals surface area contributed by atoms with Crippen LogP contribution >= 0.6 is 0 Å². The number of carboxylic acids is 1. The smallest absolute Gasteiger partial charge is 0.335 e. The Morgan fingerprint density at radius 2 is 1.39 bits per heavy atom. The molecule has 2 amide bonds. The third-order valence-corrected chi connectivity index (χ3v) is 5.49. The maximum absolute atomic E-state index is 12.7. The second-order valence-corrected chi connectivity index (χ2v) is 7.50. The van der Waals surface area contributed by atoms with Gasteiger partial charge in [-0.25, -0.2) is 4.79 Å². The maximum Gasteiger partial charge on any atom is 0.335 e. The highest BCUT2D eigenvalue weighted by Gasteiger charge is 2.37. The van der Waals surface area contributed by atoms with Gasteiger partial charge in [0.2, 0.25) is 0 Å². The third kappa shape index (κ3) is 2.73. The molecule has 0 saturated carbocycles. The zero-order chi connectivity index (χ0) is 20.1. The van der Waals surface area contributed by atoms with Crippen molar-refractivity contribution in [1.82, 2.24) is 5.06 Å². The van der Waals surface area contributed by atoms with E-state index in [2.05, 4.69) is 0 Å². The maximum atomic E-state index is 12.7. The second kappa shape index (κ2) is 6.25. The fourth-order valence-corrected chi connectivity index (χ4v) is 3.87. The van der Waals surface area contributed by atoms with Gasteiger partial charge in [0.1, 0.15) is 0 Å². The van der Waals surface area contributed by atoms with Crippen molar-refractivity contribution >= 4 is 38.7 Å². The lowest BCUT2D eigenvalue weighted by Crippen LogP contribution is -2.41. The van der Waals surface area contributed by atoms with Crippen LogP contribution in [0.15, 0.2) is 65.6 Å². The summed E-state index contributed by atoms with van der Waals surface area (Å²) in [4.78, 5) is 35.9. The molecule has 0 aliphatic carbocycles. The van der Waals surface area contributed by atoms with E-state index < -0.39 is 32.8 Å². The van der Waals surface area contributed by atoms with Crippen molar-refractivity contribution in [3.63, 3.8) is 0 Å². The molecule has 0 fully saturated rings. The summed E-state index contributed by atoms with van der Waals surface area (Å²) in [5.41, 5.74) is 0.165. The second-order valence-electron chi connectivity index (χ2n) is 5.97. The minimum Gasteiger partial charge on any atom is -0.478 e. The summed E-state index contributed by atoms with van der Waals surface area (Å²) in [5, 5.41) is 10.2. The first-order chi connectivity index (χ1) is 13.3. The van der Waals surface area contributed by atoms with E-state index in [1.165, 1.54) is 12.1 Å². The monoisotopic (exact) mass is 397 g/mol. The van der Waals surface area contributed by atoms with Gasteiger partial charge in [0, 0.05) is 5.39 Å². The number of nitrogens with zero attached hydrogens (tertiary/aromatic N) is 1. The van der Waals surface area contributed by atoms with Crippen LogP contribution in [-0.2, 0) is 14.4 Å². The zero-order valence-corrected chi connectivity index (χ0v) is 14.8. The minimum absolute atomic E-state index is 0.121. The average Bonchev–Trinajstić information content (AvgIpc) is 2.69. The molecule has 0 unspecified atom stereocenters. The van der Waals surface area contributed by atoms with Gasteiger partial charge in [0.05, 0.1) is 21.6 Å². The average molecular weight is 397 g/mol. The van der Waals surface area contributed by atoms with Crippen LogP contribution in [0.2, 0.25) is 0 Å². The Kier molecular flexibility index (Phi) is 3.98. The molecule has 1 aliphatic heterocycles. The van der Waals surface area contributed by atoms with Gasteiger partial charge < -0.3 is 5.11 Å². The summed E-state index contributed by atoms with van der Waals surface area (Å²) in [6.45, 7) is 0. The fourth-order valence-electron chi connectivity index (χ4n) is 2.98. The molecule has 8 nitrogen and oxygen atoms in total. The van der Waals surface area contributed by atoms with E-state index in [9.17, 15) is 22.8 Å². The zero-order valence-electron chi connectivity index (χ0n) is 14.0. The predicted molar refractivity (Wildman–Crippen MR) is 96.1 cm³/mol. The first-order valence-corrected chi connectivity index (χ1v) is 9.39. The van der Waals surface area contributed by atoms with Gasteiger partial charge in [-0.1, -0.05) is 24.3 Å². The highest BCUT2D eigenvalue weighted by molar-refractivity contribution is 7.86. The minimum atomic E-state index is -4.55. The number of hydroxylamine groups is 2. The molecule has 0 saturated heterocycles. The van der Waals surface area contributed by atoms with Crippen molar-refractivity contribution in [3.8, 4) is 0 Å². The van der Waals surface area contributed by atoms with E-state index in [-0.39, 0.29) is 21.8 Å². The van der Waals surface area contributed by atoms with Gasteiger partial charge >= 0.3 is 16.1 Å². The van der Waals surface area contributed by atoms with Crippen molar-refractivity contribution in [2.75, 3.05) is 0 Å². The topological polar surface area (TPSA) is 118 Å². The molecule has 3 aromatic carbocycles. The number of aromatic carboxylic acids is 1. The molecule has 0 atom stereocenters. The molecule has 3 aromatic rings. The van der Waals surface area contributed by atoms with E-state index in [1.54, 1.807) is 24.3 Å². The third-order valence-electron chi connectivity index (χ3n) is 4.30. The van der Waals surface area contributed by atoms with Crippen LogP contribution in [-0.4, -0.2) is 36.4 Å². The molecule has 0 radical (unpaired) electrons. The number of carbonyl (C=O) groups excluding carboxylic acids is 2. The number of benzene rings is 3. The number of imide groups is 1. The Morgan fingerprint density at radius 3 is 1.89 bits per heavy atom. The summed E-state index contributed by atoms with van der Waals surface area (Å²) >= 11 is 0. The van der Waals surface area contributed by atoms with Gasteiger partial charge in [0.25, 0.3) is 11.8 Å². The van der Waals surface area contributed by atoms with Crippen molar-refractivity contribution in [1.29, 1.82) is 0 Å². The highest BCUT2D eigenvalue weighted by Crippen LogP contribution is 2.31. The molecule has 4 rings (SSSR count). The van der Waals surface area contributed by atoms with Crippen LogP contribution in [0.25, 0.3) is 10.8 Å². The van der Waals surface area contributed by atoms with E-state index in [0.717, 1.165) is 24.3 Å². The number of hydrogen-bond acceptors (Lipinski definition) is 6. The van der Waals surface area contributed by atoms with Crippen LogP contribution in [0, 0.1) is 0 Å². The molecule has 1 N–H and O–H groups in total. The molecule has 28 heavy (non-hydrogen) atoms. The molecule has 9 heteroatoms. The Bertz CT molecular complexity index is 1210. The van der Waals surface area contributed by atoms with Gasteiger partial charge in [-0.2, -0.15) is 8.42 Å². The first kappa shape index (κ1) is 17.8. The SMILES string of the molecule is O=C(O)c1ccc(S(=O)(=O)ON2C(=O)c3cccc4cccc(c34)C2=O)cc1. The molecule has 0 spiro atoms. The summed E-state index contributed by atoms with van der Waals surface area (Å²) < 4.78 is 29.9. The normalized spacial score (nSPS) is 13.8. The lowest BCUT2D eigenvalue weighted by molar-refractivity contribution is -0.0155. The molecule has 1 heterocycles. The Balaban J connectivity index is 1.73. The largest absolute Gasteiger partial charge is 0.478 e. The fraction of sp³-hybridized carbons (Fsp3) is 0. The van der Waals surface area contributed by atoms with Crippen molar-refractivity contribution in [2.45, 2.75) is 4.90 Å². The number of rotatable bonds is 4. The summed E-state index contributed by atoms with van der Waals surface area (Å²) in [6.07, 6.45) is 0. The van der Waals surface area contributed by atoms with Gasteiger partial charge in [0.15, 0.2) is 0 Å². The summed E-state index contributed by atoms with van der Waals surface area (Å²) in [7, 11) is -4.55. The summed E-state index contributed by atoms with van der Waals surface area (Å²) in [5.74, 6) is -3.03. The number of carboxylic acid groups (broad SMARTS) is 1. The van der Waals surface area contributed by atoms with E-state index >= 15 is 0 Å². The van der Waals surface area contributed by atoms with Crippen molar-refractivity contribution < 1.29 is 32.2 Å². The van der Waals surface area contributed by atoms with Crippen molar-refractivity contribution in [3.05, 3.63) is 77.4 Å². The predicted octanol–water partition coefficient (Wildman–Crippen LogP) is 2.45. The lowest BCUT2D eigenvalue weighted by atomic mass is 9.95. The molecule has 0 aromatic heterocycles. The number of carbonyl (C=O) groups is 3. The van der Waals surface area contributed by atoms with Crippen LogP contribution in [0.1, 0.15) is 31.1 Å². The van der Waals surface area contributed by atoms with Crippen LogP contribution in [0.3, 0.4) is 0 Å². The van der Waals surface area contributed by atoms with Crippen LogP contribution < -0.4 is 0 Å². The Hall–Kier alpha value is -3.56. The molecular weight excluding hydrogens is 386 g/mol. The lowest BCUT2D eigenvalue weighted by Gasteiger charge is -2.25. The van der Waals surface area contributed by atoms with E-state index in [0.29, 0.717) is 10.8 Å². The molecule has 1 aliphatic rings. The van der Waals surface area contributed by atoms with Gasteiger partial charge in [-0.3, -0.25) is 9.59 Å². The number of amides is 2. The Labute approximate surface area is 158 Å². The molecular formula is C19H11NO7S. The first-order valence-electron chi connectivity index (χ1n) is 7.98. The van der Waals surface area contributed by atoms with Crippen LogP contribution in [0.4, 0.5) is 0 Å². The van der Waals surface area contributed by atoms with Crippen LogP contribution in [0.5, 0.6) is 0 Å².